The lowest BCUT2D eigenvalue weighted by molar-refractivity contribution is 0.608. The van der Waals surface area contributed by atoms with E-state index < -0.39 is 0 Å². The second kappa shape index (κ2) is 6.51. The first-order valence-electron chi connectivity index (χ1n) is 7.61. The van der Waals surface area contributed by atoms with Crippen LogP contribution < -0.4 is 5.32 Å². The van der Waals surface area contributed by atoms with E-state index in [1.807, 2.05) is 11.3 Å². The van der Waals surface area contributed by atoms with Crippen molar-refractivity contribution in [2.75, 3.05) is 6.54 Å². The Balaban J connectivity index is 1.77. The predicted molar refractivity (Wildman–Crippen MR) is 85.3 cm³/mol. The van der Waals surface area contributed by atoms with Crippen LogP contribution in [-0.2, 0) is 13.0 Å². The summed E-state index contributed by atoms with van der Waals surface area (Å²) in [5, 5.41) is 6.95. The number of hydrogen-bond acceptors (Lipinski definition) is 3. The summed E-state index contributed by atoms with van der Waals surface area (Å²) in [4.78, 5) is 4.86. The number of rotatable bonds is 5. The summed E-state index contributed by atoms with van der Waals surface area (Å²) in [6.07, 6.45) is 4.92. The van der Waals surface area contributed by atoms with Gasteiger partial charge in [0.2, 0.25) is 0 Å². The molecule has 20 heavy (non-hydrogen) atoms. The summed E-state index contributed by atoms with van der Waals surface area (Å²) in [7, 11) is 0. The minimum absolute atomic E-state index is 0.518. The summed E-state index contributed by atoms with van der Waals surface area (Å²) in [5.74, 6) is 0.518. The minimum atomic E-state index is 0.518. The zero-order chi connectivity index (χ0) is 13.8. The van der Waals surface area contributed by atoms with Crippen LogP contribution in [0.25, 0.3) is 0 Å². The highest BCUT2D eigenvalue weighted by atomic mass is 32.1. The molecule has 2 aromatic rings. The molecule has 1 aromatic heterocycles. The third-order valence-corrected chi connectivity index (χ3v) is 4.98. The summed E-state index contributed by atoms with van der Waals surface area (Å²) in [6.45, 7) is 4.16. The average molecular weight is 286 g/mol. The molecule has 0 saturated carbocycles. The molecule has 0 amide bonds. The van der Waals surface area contributed by atoms with Crippen molar-refractivity contribution < 1.29 is 0 Å². The summed E-state index contributed by atoms with van der Waals surface area (Å²) in [6, 6.07) is 8.88. The van der Waals surface area contributed by atoms with Crippen molar-refractivity contribution in [1.29, 1.82) is 0 Å². The van der Waals surface area contributed by atoms with Crippen molar-refractivity contribution in [2.45, 2.75) is 45.1 Å². The molecule has 0 radical (unpaired) electrons. The topological polar surface area (TPSA) is 24.9 Å². The number of fused-ring (bicyclic) bond motifs is 1. The first kappa shape index (κ1) is 13.8. The van der Waals surface area contributed by atoms with Crippen LogP contribution in [0.3, 0.4) is 0 Å². The highest BCUT2D eigenvalue weighted by Crippen LogP contribution is 2.37. The Bertz CT molecular complexity index is 562. The van der Waals surface area contributed by atoms with Crippen LogP contribution in [0.2, 0.25) is 0 Å². The zero-order valence-electron chi connectivity index (χ0n) is 12.1. The second-order valence-corrected chi connectivity index (χ2v) is 6.39. The Kier molecular flexibility index (Phi) is 4.48. The maximum absolute atomic E-state index is 4.86. The summed E-state index contributed by atoms with van der Waals surface area (Å²) >= 11 is 1.83. The molecular weight excluding hydrogens is 264 g/mol. The Morgan fingerprint density at radius 2 is 2.25 bits per heavy atom. The fourth-order valence-electron chi connectivity index (χ4n) is 2.97. The van der Waals surface area contributed by atoms with Crippen LogP contribution in [0.5, 0.6) is 0 Å². The van der Waals surface area contributed by atoms with Crippen LogP contribution in [-0.4, -0.2) is 11.5 Å². The number of hydrogen-bond donors (Lipinski definition) is 1. The first-order chi connectivity index (χ1) is 9.88. The normalized spacial score (nSPS) is 17.9. The van der Waals surface area contributed by atoms with E-state index >= 15 is 0 Å². The molecule has 1 unspecified atom stereocenters. The van der Waals surface area contributed by atoms with Gasteiger partial charge < -0.3 is 5.32 Å². The highest BCUT2D eigenvalue weighted by Gasteiger charge is 2.23. The lowest BCUT2D eigenvalue weighted by Crippen LogP contribution is -2.14. The van der Waals surface area contributed by atoms with Gasteiger partial charge in [0.15, 0.2) is 0 Å². The molecule has 1 aliphatic carbocycles. The molecular formula is C17H22N2S. The lowest BCUT2D eigenvalue weighted by Gasteiger charge is -2.23. The van der Waals surface area contributed by atoms with Crippen molar-refractivity contribution in [1.82, 2.24) is 10.3 Å². The van der Waals surface area contributed by atoms with E-state index in [2.05, 4.69) is 41.9 Å². The average Bonchev–Trinajstić information content (AvgIpc) is 2.96. The van der Waals surface area contributed by atoms with Gasteiger partial charge in [-0.1, -0.05) is 31.2 Å². The molecule has 1 aliphatic rings. The molecule has 106 valence electrons. The minimum Gasteiger partial charge on any atom is -0.311 e. The van der Waals surface area contributed by atoms with E-state index in [0.717, 1.165) is 13.1 Å². The molecule has 1 N–H and O–H groups in total. The van der Waals surface area contributed by atoms with Gasteiger partial charge in [0.1, 0.15) is 5.01 Å². The summed E-state index contributed by atoms with van der Waals surface area (Å²) < 4.78 is 0. The monoisotopic (exact) mass is 286 g/mol. The number of aromatic nitrogens is 1. The Morgan fingerprint density at radius 3 is 3.15 bits per heavy atom. The molecule has 1 heterocycles. The lowest BCUT2D eigenvalue weighted by atomic mass is 9.83. The van der Waals surface area contributed by atoms with Crippen molar-refractivity contribution in [2.24, 2.45) is 0 Å². The van der Waals surface area contributed by atoms with E-state index in [9.17, 15) is 0 Å². The number of benzene rings is 1. The molecule has 2 nitrogen and oxygen atoms in total. The molecule has 3 heteroatoms. The van der Waals surface area contributed by atoms with Gasteiger partial charge >= 0.3 is 0 Å². The largest absolute Gasteiger partial charge is 0.311 e. The number of nitrogens with one attached hydrogen (secondary N) is 1. The smallest absolute Gasteiger partial charge is 0.100 e. The number of aryl methyl sites for hydroxylation is 1. The number of thiazole rings is 1. The highest BCUT2D eigenvalue weighted by molar-refractivity contribution is 7.09. The fraction of sp³-hybridized carbons (Fsp3) is 0.471. The fourth-order valence-corrected chi connectivity index (χ4v) is 3.94. The van der Waals surface area contributed by atoms with Gasteiger partial charge in [0, 0.05) is 17.8 Å². The molecule has 0 spiro atoms. The maximum Gasteiger partial charge on any atom is 0.100 e. The van der Waals surface area contributed by atoms with E-state index in [-0.39, 0.29) is 0 Å². The molecule has 0 fully saturated rings. The molecule has 1 aromatic carbocycles. The predicted octanol–water partition coefficient (Wildman–Crippen LogP) is 4.11. The van der Waals surface area contributed by atoms with Crippen LogP contribution in [0.1, 0.15) is 53.9 Å². The van der Waals surface area contributed by atoms with Crippen LogP contribution in [0, 0.1) is 0 Å². The van der Waals surface area contributed by atoms with Gasteiger partial charge in [0.05, 0.1) is 5.69 Å². The van der Waals surface area contributed by atoms with Gasteiger partial charge in [-0.15, -0.1) is 11.3 Å². The Hall–Kier alpha value is -1.19. The molecule has 0 saturated heterocycles. The van der Waals surface area contributed by atoms with E-state index in [4.69, 9.17) is 4.98 Å². The molecule has 3 rings (SSSR count). The third-order valence-electron chi connectivity index (χ3n) is 3.97. The third kappa shape index (κ3) is 2.94. The molecule has 0 aliphatic heterocycles. The van der Waals surface area contributed by atoms with Crippen LogP contribution >= 0.6 is 11.3 Å². The van der Waals surface area contributed by atoms with Gasteiger partial charge in [0.25, 0.3) is 0 Å². The quantitative estimate of drug-likeness (QED) is 0.837. The summed E-state index contributed by atoms with van der Waals surface area (Å²) in [5.41, 5.74) is 4.22. The van der Waals surface area contributed by atoms with Gasteiger partial charge in [-0.05, 0) is 43.4 Å². The van der Waals surface area contributed by atoms with Crippen LogP contribution in [0.4, 0.5) is 0 Å². The second-order valence-electron chi connectivity index (χ2n) is 5.50. The van der Waals surface area contributed by atoms with Gasteiger partial charge in [-0.25, -0.2) is 4.98 Å². The zero-order valence-corrected chi connectivity index (χ0v) is 12.9. The van der Waals surface area contributed by atoms with Crippen molar-refractivity contribution in [3.63, 3.8) is 0 Å². The Labute approximate surface area is 125 Å². The van der Waals surface area contributed by atoms with Crippen molar-refractivity contribution >= 4 is 11.3 Å². The Morgan fingerprint density at radius 1 is 1.35 bits per heavy atom. The van der Waals surface area contributed by atoms with E-state index in [1.165, 1.54) is 47.5 Å². The van der Waals surface area contributed by atoms with E-state index in [1.54, 1.807) is 0 Å². The standard InChI is InChI=1S/C17H22N2S/c1-2-10-18-11-14-12-20-17(19-14)16-9-5-7-13-6-3-4-8-15(13)16/h3-4,6,8,12,16,18H,2,5,7,9-11H2,1H3. The van der Waals surface area contributed by atoms with Crippen molar-refractivity contribution in [3.05, 3.63) is 51.5 Å². The van der Waals surface area contributed by atoms with E-state index in [0.29, 0.717) is 5.92 Å². The first-order valence-corrected chi connectivity index (χ1v) is 8.49. The molecule has 0 bridgehead atoms. The number of nitrogens with zero attached hydrogens (tertiary/aromatic N) is 1. The van der Waals surface area contributed by atoms with Gasteiger partial charge in [-0.2, -0.15) is 0 Å². The maximum atomic E-state index is 4.86. The van der Waals surface area contributed by atoms with Crippen molar-refractivity contribution in [3.8, 4) is 0 Å². The molecule has 1 atom stereocenters. The van der Waals surface area contributed by atoms with Crippen LogP contribution in [0.15, 0.2) is 29.6 Å². The SMILES string of the molecule is CCCNCc1csc(C2CCCc3ccccc32)n1. The van der Waals surface area contributed by atoms with Gasteiger partial charge in [-0.3, -0.25) is 0 Å².